The van der Waals surface area contributed by atoms with E-state index in [4.69, 9.17) is 18.5 Å². The molecule has 0 heterocycles. The van der Waals surface area contributed by atoms with Crippen molar-refractivity contribution in [3.63, 3.8) is 0 Å². The lowest BCUT2D eigenvalue weighted by Gasteiger charge is -2.24. The summed E-state index contributed by atoms with van der Waals surface area (Å²) in [5, 5.41) is 0. The lowest BCUT2D eigenvalue weighted by molar-refractivity contribution is -0.870. The first-order valence-corrected chi connectivity index (χ1v) is 23.3. The summed E-state index contributed by atoms with van der Waals surface area (Å²) < 4.78 is 34.2. The van der Waals surface area contributed by atoms with Gasteiger partial charge in [-0.05, 0) is 77.0 Å². The number of esters is 2. The zero-order valence-electron chi connectivity index (χ0n) is 36.5. The van der Waals surface area contributed by atoms with E-state index >= 15 is 0 Å². The van der Waals surface area contributed by atoms with E-state index in [0.29, 0.717) is 23.9 Å². The SMILES string of the molecule is CC/C=C\C/C=C\C/C=C\C/C=C\C/C=C\C/C=C\CCC(=O)OC[C@H](COP(=O)(O)OCC[N+](C)(C)C)OC(=O)CCCCCCC/C=C\CCCCCCC. The van der Waals surface area contributed by atoms with E-state index < -0.39 is 32.5 Å². The maximum atomic E-state index is 12.7. The van der Waals surface area contributed by atoms with Gasteiger partial charge in [0.15, 0.2) is 6.10 Å². The van der Waals surface area contributed by atoms with Gasteiger partial charge in [-0.1, -0.05) is 144 Å². The fourth-order valence-corrected chi connectivity index (χ4v) is 6.01. The second kappa shape index (κ2) is 38.7. The average Bonchev–Trinajstić information content (AvgIpc) is 3.16. The first-order chi connectivity index (χ1) is 27.5. The third-order valence-electron chi connectivity index (χ3n) is 8.67. The van der Waals surface area contributed by atoms with Gasteiger partial charge >= 0.3 is 19.8 Å². The zero-order valence-corrected chi connectivity index (χ0v) is 37.4. The molecule has 0 rings (SSSR count). The molecule has 0 fully saturated rings. The number of nitrogens with zero attached hydrogens (tertiary/aromatic N) is 1. The number of hydrogen-bond acceptors (Lipinski definition) is 7. The van der Waals surface area contributed by atoms with Crippen molar-refractivity contribution < 1.29 is 42.1 Å². The number of carbonyl (C=O) groups is 2. The van der Waals surface area contributed by atoms with Crippen LogP contribution >= 0.6 is 7.82 Å². The number of quaternary nitrogens is 1. The van der Waals surface area contributed by atoms with Crippen LogP contribution < -0.4 is 0 Å². The Kier molecular flexibility index (Phi) is 36.8. The van der Waals surface area contributed by atoms with Crippen LogP contribution in [0.2, 0.25) is 0 Å². The quantitative estimate of drug-likeness (QED) is 0.0216. The van der Waals surface area contributed by atoms with Gasteiger partial charge in [-0.25, -0.2) is 4.57 Å². The molecule has 0 amide bonds. The summed E-state index contributed by atoms with van der Waals surface area (Å²) in [6.07, 6.45) is 49.3. The number of likely N-dealkylation sites (N-methyl/N-ethyl adjacent to an activating group) is 1. The number of ether oxygens (including phenoxy) is 2. The lowest BCUT2D eigenvalue weighted by atomic mass is 10.1. The van der Waals surface area contributed by atoms with Crippen LogP contribution in [0.25, 0.3) is 0 Å². The Labute approximate surface area is 348 Å². The van der Waals surface area contributed by atoms with Gasteiger partial charge in [0.25, 0.3) is 0 Å². The molecule has 0 aromatic carbocycles. The molecular weight excluding hydrogens is 737 g/mol. The van der Waals surface area contributed by atoms with Crippen molar-refractivity contribution in [2.24, 2.45) is 0 Å². The summed E-state index contributed by atoms with van der Waals surface area (Å²) >= 11 is 0. The van der Waals surface area contributed by atoms with Crippen LogP contribution in [0.5, 0.6) is 0 Å². The molecule has 0 saturated heterocycles. The molecule has 0 aromatic rings. The molecule has 326 valence electrons. The van der Waals surface area contributed by atoms with Crippen LogP contribution in [0.4, 0.5) is 0 Å². The molecule has 1 unspecified atom stereocenters. The van der Waals surface area contributed by atoms with E-state index in [-0.39, 0.29) is 26.1 Å². The predicted molar refractivity (Wildman–Crippen MR) is 238 cm³/mol. The van der Waals surface area contributed by atoms with E-state index in [0.717, 1.165) is 70.6 Å². The van der Waals surface area contributed by atoms with Gasteiger partial charge in [0.1, 0.15) is 19.8 Å². The maximum absolute atomic E-state index is 12.7. The van der Waals surface area contributed by atoms with Crippen LogP contribution in [-0.2, 0) is 32.7 Å². The molecule has 0 radical (unpaired) electrons. The normalized spacial score (nSPS) is 14.4. The minimum atomic E-state index is -4.40. The molecule has 0 aromatic heterocycles. The highest BCUT2D eigenvalue weighted by molar-refractivity contribution is 7.47. The van der Waals surface area contributed by atoms with Crippen molar-refractivity contribution in [2.45, 2.75) is 155 Å². The molecule has 0 aliphatic heterocycles. The average molecular weight is 819 g/mol. The molecule has 10 heteroatoms. The Balaban J connectivity index is 4.51. The Hall–Kier alpha value is -2.81. The third-order valence-corrected chi connectivity index (χ3v) is 9.66. The summed E-state index contributed by atoms with van der Waals surface area (Å²) in [4.78, 5) is 35.3. The van der Waals surface area contributed by atoms with Crippen molar-refractivity contribution in [1.29, 1.82) is 0 Å². The first kappa shape index (κ1) is 54.2. The standard InChI is InChI=1S/C47H80NO8P/c1-6-8-10-12-14-16-18-20-22-23-24-25-26-28-29-31-33-35-37-39-46(49)53-43-45(44-55-57(51,52)54-42-41-48(3,4)5)56-47(50)40-38-36-34-32-30-27-21-19-17-15-13-11-9-7-2/h8,10,14,16,19-22,24-25,28-29,33,35,45H,6-7,9,11-13,15,17-18,23,26-27,30-32,34,36-44H2,1-5H3/p+1/b10-8-,16-14-,21-19-,22-20-,25-24-,29-28-,35-33-/t45-/m1/s1. The number of hydrogen-bond donors (Lipinski definition) is 1. The second-order valence-corrected chi connectivity index (χ2v) is 16.8. The van der Waals surface area contributed by atoms with E-state index in [1.807, 2.05) is 33.3 Å². The van der Waals surface area contributed by atoms with Crippen LogP contribution in [0.3, 0.4) is 0 Å². The number of carbonyl (C=O) groups excluding carboxylic acids is 2. The molecule has 0 spiro atoms. The van der Waals surface area contributed by atoms with E-state index in [1.54, 1.807) is 0 Å². The fourth-order valence-electron chi connectivity index (χ4n) is 5.27. The molecule has 2 atom stereocenters. The van der Waals surface area contributed by atoms with Crippen molar-refractivity contribution in [3.8, 4) is 0 Å². The second-order valence-electron chi connectivity index (χ2n) is 15.3. The van der Waals surface area contributed by atoms with Gasteiger partial charge in [0, 0.05) is 12.8 Å². The van der Waals surface area contributed by atoms with Gasteiger partial charge in [-0.15, -0.1) is 0 Å². The Morgan fingerprint density at radius 1 is 0.561 bits per heavy atom. The van der Waals surface area contributed by atoms with Gasteiger partial charge in [-0.2, -0.15) is 0 Å². The molecule has 1 N–H and O–H groups in total. The largest absolute Gasteiger partial charge is 0.472 e. The van der Waals surface area contributed by atoms with Gasteiger partial charge in [0.05, 0.1) is 27.7 Å². The molecule has 0 saturated carbocycles. The van der Waals surface area contributed by atoms with Gasteiger partial charge in [0.2, 0.25) is 0 Å². The number of rotatable bonds is 38. The van der Waals surface area contributed by atoms with E-state index in [2.05, 4.69) is 86.8 Å². The Bertz CT molecular complexity index is 1240. The number of phosphoric ester groups is 1. The van der Waals surface area contributed by atoms with Gasteiger partial charge in [-0.3, -0.25) is 18.6 Å². The molecule has 0 bridgehead atoms. The first-order valence-electron chi connectivity index (χ1n) is 21.8. The molecule has 0 aliphatic carbocycles. The summed E-state index contributed by atoms with van der Waals surface area (Å²) in [5.74, 6) is -0.915. The molecule has 0 aliphatic rings. The fraction of sp³-hybridized carbons (Fsp3) is 0.660. The minimum Gasteiger partial charge on any atom is -0.462 e. The Morgan fingerprint density at radius 3 is 1.56 bits per heavy atom. The van der Waals surface area contributed by atoms with Crippen LogP contribution in [0.1, 0.15) is 149 Å². The molecule has 9 nitrogen and oxygen atoms in total. The highest BCUT2D eigenvalue weighted by Gasteiger charge is 2.27. The van der Waals surface area contributed by atoms with Crippen LogP contribution in [0.15, 0.2) is 85.1 Å². The van der Waals surface area contributed by atoms with Crippen LogP contribution in [-0.4, -0.2) is 74.9 Å². The third kappa shape index (κ3) is 42.6. The maximum Gasteiger partial charge on any atom is 0.472 e. The predicted octanol–water partition coefficient (Wildman–Crippen LogP) is 12.4. The monoisotopic (exact) mass is 819 g/mol. The summed E-state index contributed by atoms with van der Waals surface area (Å²) in [7, 11) is 1.42. The van der Waals surface area contributed by atoms with Crippen LogP contribution in [0, 0.1) is 0 Å². The summed E-state index contributed by atoms with van der Waals surface area (Å²) in [5.41, 5.74) is 0. The lowest BCUT2D eigenvalue weighted by Crippen LogP contribution is -2.37. The summed E-state index contributed by atoms with van der Waals surface area (Å²) in [6, 6.07) is 0. The van der Waals surface area contributed by atoms with E-state index in [9.17, 15) is 19.0 Å². The number of unbranched alkanes of at least 4 members (excludes halogenated alkanes) is 10. The topological polar surface area (TPSA) is 108 Å². The smallest absolute Gasteiger partial charge is 0.462 e. The Morgan fingerprint density at radius 2 is 1.04 bits per heavy atom. The highest BCUT2D eigenvalue weighted by Crippen LogP contribution is 2.43. The van der Waals surface area contributed by atoms with Crippen molar-refractivity contribution >= 4 is 19.8 Å². The van der Waals surface area contributed by atoms with E-state index in [1.165, 1.54) is 38.5 Å². The highest BCUT2D eigenvalue weighted by atomic mass is 31.2. The van der Waals surface area contributed by atoms with Crippen molar-refractivity contribution in [3.05, 3.63) is 85.1 Å². The van der Waals surface area contributed by atoms with Crippen molar-refractivity contribution in [1.82, 2.24) is 0 Å². The van der Waals surface area contributed by atoms with Crippen molar-refractivity contribution in [2.75, 3.05) is 47.5 Å². The number of allylic oxidation sites excluding steroid dienone is 14. The van der Waals surface area contributed by atoms with Gasteiger partial charge < -0.3 is 18.9 Å². The molecular formula is C47H81NO8P+. The summed E-state index contributed by atoms with van der Waals surface area (Å²) in [6.45, 7) is 4.18. The zero-order chi connectivity index (χ0) is 42.1. The molecule has 57 heavy (non-hydrogen) atoms. The minimum absolute atomic E-state index is 0.0146. The number of phosphoric acid groups is 1.